The molecule has 7 nitrogen and oxygen atoms in total. The number of hydrogen-bond donors (Lipinski definition) is 1. The minimum atomic E-state index is -3.99. The zero-order valence-corrected chi connectivity index (χ0v) is 15.8. The molecule has 9 heteroatoms. The van der Waals surface area contributed by atoms with Crippen molar-refractivity contribution in [2.45, 2.75) is 30.6 Å². The first kappa shape index (κ1) is 20.3. The van der Waals surface area contributed by atoms with Crippen LogP contribution in [0, 0.1) is 5.82 Å². The summed E-state index contributed by atoms with van der Waals surface area (Å²) in [5.41, 5.74) is 0.0500. The molecular formula is C17H24FN3O4S. The molecule has 1 aliphatic rings. The Morgan fingerprint density at radius 2 is 2.00 bits per heavy atom. The summed E-state index contributed by atoms with van der Waals surface area (Å²) in [6, 6.07) is 3.22. The molecule has 1 heterocycles. The van der Waals surface area contributed by atoms with Crippen molar-refractivity contribution in [3.05, 3.63) is 29.6 Å². The third-order valence-electron chi connectivity index (χ3n) is 4.29. The number of sulfonamides is 1. The molecule has 1 aliphatic heterocycles. The number of hydrogen-bond acceptors (Lipinski definition) is 4. The van der Waals surface area contributed by atoms with Gasteiger partial charge in [-0.3, -0.25) is 9.59 Å². The number of nitrogens with one attached hydrogen (secondary N) is 1. The highest BCUT2D eigenvalue weighted by atomic mass is 32.2. The first-order valence-electron chi connectivity index (χ1n) is 8.51. The summed E-state index contributed by atoms with van der Waals surface area (Å²) < 4.78 is 39.0. The van der Waals surface area contributed by atoms with Gasteiger partial charge in [-0.2, -0.15) is 0 Å². The van der Waals surface area contributed by atoms with Gasteiger partial charge >= 0.3 is 0 Å². The first-order valence-corrected chi connectivity index (χ1v) is 9.95. The fourth-order valence-corrected chi connectivity index (χ4v) is 3.70. The summed E-state index contributed by atoms with van der Waals surface area (Å²) in [7, 11) is -1.40. The average Bonchev–Trinajstić information content (AvgIpc) is 2.79. The predicted molar refractivity (Wildman–Crippen MR) is 94.7 cm³/mol. The van der Waals surface area contributed by atoms with E-state index in [1.807, 2.05) is 0 Å². The van der Waals surface area contributed by atoms with Crippen LogP contribution in [0.4, 0.5) is 4.39 Å². The summed E-state index contributed by atoms with van der Waals surface area (Å²) in [6.45, 7) is 1.32. The quantitative estimate of drug-likeness (QED) is 0.797. The zero-order chi connectivity index (χ0) is 19.3. The van der Waals surface area contributed by atoms with Crippen LogP contribution in [0.25, 0.3) is 0 Å². The molecular weight excluding hydrogens is 361 g/mol. The Labute approximate surface area is 153 Å². The van der Waals surface area contributed by atoms with Crippen LogP contribution in [0.3, 0.4) is 0 Å². The highest BCUT2D eigenvalue weighted by Gasteiger charge is 2.23. The fraction of sp³-hybridized carbons (Fsp3) is 0.529. The molecule has 1 aromatic rings. The smallest absolute Gasteiger partial charge is 0.251 e. The lowest BCUT2D eigenvalue weighted by Gasteiger charge is -2.20. The predicted octanol–water partition coefficient (Wildman–Crippen LogP) is 1.21. The van der Waals surface area contributed by atoms with E-state index < -0.39 is 26.6 Å². The van der Waals surface area contributed by atoms with E-state index in [1.165, 1.54) is 20.2 Å². The van der Waals surface area contributed by atoms with Gasteiger partial charge in [-0.15, -0.1) is 0 Å². The number of likely N-dealkylation sites (tertiary alicyclic amines) is 1. The van der Waals surface area contributed by atoms with Crippen molar-refractivity contribution < 1.29 is 22.4 Å². The maximum Gasteiger partial charge on any atom is 0.251 e. The first-order chi connectivity index (χ1) is 12.2. The fourth-order valence-electron chi connectivity index (χ4n) is 2.72. The van der Waals surface area contributed by atoms with Gasteiger partial charge in [0.1, 0.15) is 10.7 Å². The van der Waals surface area contributed by atoms with Crippen LogP contribution >= 0.6 is 0 Å². The van der Waals surface area contributed by atoms with Crippen LogP contribution in [0.1, 0.15) is 36.0 Å². The molecule has 144 valence electrons. The summed E-state index contributed by atoms with van der Waals surface area (Å²) in [5.74, 6) is -1.34. The van der Waals surface area contributed by atoms with Crippen LogP contribution in [-0.4, -0.2) is 63.2 Å². The highest BCUT2D eigenvalue weighted by Crippen LogP contribution is 2.19. The maximum atomic E-state index is 13.9. The number of halogens is 1. The van der Waals surface area contributed by atoms with Gasteiger partial charge in [0.25, 0.3) is 5.91 Å². The standard InChI is InChI=1S/C17H24FN3O4S/c1-20(2)26(24,25)15-12-13(7-8-14(15)18)17(23)19-9-11-21-10-5-3-4-6-16(21)22/h7-8,12H,3-6,9-11H2,1-2H3,(H,19,23). The van der Waals surface area contributed by atoms with E-state index in [0.29, 0.717) is 19.5 Å². The summed E-state index contributed by atoms with van der Waals surface area (Å²) in [5, 5.41) is 2.65. The molecule has 2 rings (SSSR count). The van der Waals surface area contributed by atoms with Gasteiger partial charge < -0.3 is 10.2 Å². The number of benzene rings is 1. The Hall–Kier alpha value is -2.00. The van der Waals surface area contributed by atoms with E-state index in [2.05, 4.69) is 5.32 Å². The van der Waals surface area contributed by atoms with Crippen molar-refractivity contribution in [2.24, 2.45) is 0 Å². The van der Waals surface area contributed by atoms with Crippen LogP contribution in [-0.2, 0) is 14.8 Å². The lowest BCUT2D eigenvalue weighted by molar-refractivity contribution is -0.130. The molecule has 0 radical (unpaired) electrons. The van der Waals surface area contributed by atoms with Gasteiger partial charge in [0.2, 0.25) is 15.9 Å². The minimum Gasteiger partial charge on any atom is -0.350 e. The summed E-state index contributed by atoms with van der Waals surface area (Å²) in [6.07, 6.45) is 3.38. The molecule has 1 saturated heterocycles. The topological polar surface area (TPSA) is 86.8 Å². The van der Waals surface area contributed by atoms with Crippen molar-refractivity contribution in [1.29, 1.82) is 0 Å². The second-order valence-electron chi connectivity index (χ2n) is 6.38. The van der Waals surface area contributed by atoms with Crippen molar-refractivity contribution in [2.75, 3.05) is 33.7 Å². The lowest BCUT2D eigenvalue weighted by Crippen LogP contribution is -2.38. The number of nitrogens with zero attached hydrogens (tertiary/aromatic N) is 2. The SMILES string of the molecule is CN(C)S(=O)(=O)c1cc(C(=O)NCCN2CCCCCC2=O)ccc1F. The molecule has 26 heavy (non-hydrogen) atoms. The largest absolute Gasteiger partial charge is 0.350 e. The monoisotopic (exact) mass is 385 g/mol. The number of amides is 2. The molecule has 0 spiro atoms. The number of carbonyl (C=O) groups is 2. The van der Waals surface area contributed by atoms with E-state index in [-0.39, 0.29) is 18.0 Å². The van der Waals surface area contributed by atoms with Gasteiger partial charge in [-0.05, 0) is 31.0 Å². The molecule has 0 aromatic heterocycles. The maximum absolute atomic E-state index is 13.9. The Morgan fingerprint density at radius 3 is 2.69 bits per heavy atom. The molecule has 0 unspecified atom stereocenters. The summed E-state index contributed by atoms with van der Waals surface area (Å²) in [4.78, 5) is 25.3. The second kappa shape index (κ2) is 8.59. The Kier molecular flexibility index (Phi) is 6.71. The normalized spacial score (nSPS) is 15.8. The highest BCUT2D eigenvalue weighted by molar-refractivity contribution is 7.89. The van der Waals surface area contributed by atoms with E-state index in [1.54, 1.807) is 4.90 Å². The third kappa shape index (κ3) is 4.79. The lowest BCUT2D eigenvalue weighted by atomic mass is 10.2. The average molecular weight is 385 g/mol. The molecule has 1 aromatic carbocycles. The van der Waals surface area contributed by atoms with Crippen molar-refractivity contribution in [1.82, 2.24) is 14.5 Å². The van der Waals surface area contributed by atoms with Crippen LogP contribution in [0.15, 0.2) is 23.1 Å². The Balaban J connectivity index is 2.02. The molecule has 0 atom stereocenters. The molecule has 2 amide bonds. The van der Waals surface area contributed by atoms with Crippen molar-refractivity contribution in [3.8, 4) is 0 Å². The number of rotatable bonds is 6. The van der Waals surface area contributed by atoms with Crippen LogP contribution in [0.2, 0.25) is 0 Å². The van der Waals surface area contributed by atoms with E-state index in [4.69, 9.17) is 0 Å². The van der Waals surface area contributed by atoms with Gasteiger partial charge in [0.15, 0.2) is 0 Å². The molecule has 0 saturated carbocycles. The van der Waals surface area contributed by atoms with E-state index in [9.17, 15) is 22.4 Å². The van der Waals surface area contributed by atoms with Gasteiger partial charge in [-0.25, -0.2) is 17.1 Å². The molecule has 1 N–H and O–H groups in total. The molecule has 0 bridgehead atoms. The van der Waals surface area contributed by atoms with Crippen molar-refractivity contribution >= 4 is 21.8 Å². The van der Waals surface area contributed by atoms with Gasteiger partial charge in [0, 0.05) is 45.7 Å². The Morgan fingerprint density at radius 1 is 1.27 bits per heavy atom. The van der Waals surface area contributed by atoms with Crippen LogP contribution < -0.4 is 5.32 Å². The van der Waals surface area contributed by atoms with E-state index >= 15 is 0 Å². The second-order valence-corrected chi connectivity index (χ2v) is 8.50. The van der Waals surface area contributed by atoms with Crippen LogP contribution in [0.5, 0.6) is 0 Å². The molecule has 1 fully saturated rings. The summed E-state index contributed by atoms with van der Waals surface area (Å²) >= 11 is 0. The third-order valence-corrected chi connectivity index (χ3v) is 6.12. The van der Waals surface area contributed by atoms with Gasteiger partial charge in [-0.1, -0.05) is 6.42 Å². The Bertz CT molecular complexity index is 780. The number of carbonyl (C=O) groups excluding carboxylic acids is 2. The van der Waals surface area contributed by atoms with Gasteiger partial charge in [0.05, 0.1) is 0 Å². The minimum absolute atomic E-state index is 0.0500. The zero-order valence-electron chi connectivity index (χ0n) is 15.0. The molecule has 0 aliphatic carbocycles. The van der Waals surface area contributed by atoms with E-state index in [0.717, 1.165) is 35.7 Å². The van der Waals surface area contributed by atoms with Crippen molar-refractivity contribution in [3.63, 3.8) is 0 Å².